The van der Waals surface area contributed by atoms with Gasteiger partial charge in [-0.3, -0.25) is 9.59 Å². The van der Waals surface area contributed by atoms with Crippen LogP contribution in [0, 0.1) is 35.3 Å². The minimum Gasteiger partial charge on any atom is -0.423 e. The molecule has 2 fully saturated rings. The molecule has 2 saturated carbocycles. The third kappa shape index (κ3) is 12.8. The summed E-state index contributed by atoms with van der Waals surface area (Å²) in [5, 5.41) is 0. The van der Waals surface area contributed by atoms with Gasteiger partial charge >= 0.3 is 11.9 Å². The fraction of sp³-hybridized carbons (Fsp3) is 0.789. The lowest BCUT2D eigenvalue weighted by atomic mass is 9.79. The summed E-state index contributed by atoms with van der Waals surface area (Å²) in [6, 6.07) is 2.40. The third-order valence-corrected chi connectivity index (χ3v) is 10.2. The average Bonchev–Trinajstić information content (AvgIpc) is 3.04. The molecule has 1 aromatic carbocycles. The van der Waals surface area contributed by atoms with Gasteiger partial charge in [-0.05, 0) is 75.3 Å². The summed E-state index contributed by atoms with van der Waals surface area (Å²) in [5.41, 5.74) is 0. The first-order valence-electron chi connectivity index (χ1n) is 18.3. The van der Waals surface area contributed by atoms with Gasteiger partial charge in [0.2, 0.25) is 11.6 Å². The Morgan fingerprint density at radius 1 is 0.545 bits per heavy atom. The van der Waals surface area contributed by atoms with E-state index in [0.29, 0.717) is 11.8 Å². The lowest BCUT2D eigenvalue weighted by molar-refractivity contribution is -0.141. The van der Waals surface area contributed by atoms with Crippen molar-refractivity contribution in [3.63, 3.8) is 0 Å². The number of ether oxygens (including phenoxy) is 2. The first-order chi connectivity index (χ1) is 21.4. The average molecular weight is 619 g/mol. The smallest absolute Gasteiger partial charge is 0.314 e. The molecule has 250 valence electrons. The molecule has 0 bridgehead atoms. The molecular formula is C38H60F2O4. The molecule has 0 spiro atoms. The summed E-state index contributed by atoms with van der Waals surface area (Å²) in [5.74, 6) is -3.76. The molecule has 4 nitrogen and oxygen atoms in total. The Kier molecular flexibility index (Phi) is 17.4. The molecule has 0 heterocycles. The highest BCUT2D eigenvalue weighted by Crippen LogP contribution is 2.36. The third-order valence-electron chi connectivity index (χ3n) is 10.2. The molecule has 0 aromatic heterocycles. The second-order valence-corrected chi connectivity index (χ2v) is 13.8. The van der Waals surface area contributed by atoms with Crippen molar-refractivity contribution in [1.29, 1.82) is 0 Å². The van der Waals surface area contributed by atoms with Crippen LogP contribution in [0.1, 0.15) is 168 Å². The SMILES string of the molecule is CCCCCCCCCC1CCC(C(=O)Oc2ccc(OC(=O)C3CCC(CCCCCCCCC)CC3)c(F)c2F)CC1. The van der Waals surface area contributed by atoms with Gasteiger partial charge in [-0.25, -0.2) is 0 Å². The lowest BCUT2D eigenvalue weighted by Gasteiger charge is -2.27. The van der Waals surface area contributed by atoms with Crippen molar-refractivity contribution in [3.8, 4) is 11.5 Å². The summed E-state index contributed by atoms with van der Waals surface area (Å²) in [4.78, 5) is 25.5. The van der Waals surface area contributed by atoms with Gasteiger partial charge in [0.05, 0.1) is 11.8 Å². The summed E-state index contributed by atoms with van der Waals surface area (Å²) < 4.78 is 40.3. The first kappa shape index (κ1) is 36.5. The topological polar surface area (TPSA) is 52.6 Å². The molecule has 0 N–H and O–H groups in total. The molecule has 0 unspecified atom stereocenters. The van der Waals surface area contributed by atoms with Crippen LogP contribution in [0.25, 0.3) is 0 Å². The maximum Gasteiger partial charge on any atom is 0.314 e. The van der Waals surface area contributed by atoms with Gasteiger partial charge in [0, 0.05) is 0 Å². The zero-order valence-corrected chi connectivity index (χ0v) is 27.8. The van der Waals surface area contributed by atoms with Crippen LogP contribution in [-0.4, -0.2) is 11.9 Å². The fourth-order valence-electron chi connectivity index (χ4n) is 7.21. The van der Waals surface area contributed by atoms with Crippen molar-refractivity contribution in [2.24, 2.45) is 23.7 Å². The van der Waals surface area contributed by atoms with Crippen molar-refractivity contribution in [3.05, 3.63) is 23.8 Å². The Morgan fingerprint density at radius 3 is 1.20 bits per heavy atom. The fourth-order valence-corrected chi connectivity index (χ4v) is 7.21. The second kappa shape index (κ2) is 20.9. The van der Waals surface area contributed by atoms with Crippen molar-refractivity contribution in [2.45, 2.75) is 168 Å². The van der Waals surface area contributed by atoms with Crippen LogP contribution in [0.3, 0.4) is 0 Å². The molecule has 0 atom stereocenters. The zero-order chi connectivity index (χ0) is 31.6. The first-order valence-corrected chi connectivity index (χ1v) is 18.3. The minimum atomic E-state index is -1.28. The number of rotatable bonds is 20. The molecule has 2 aliphatic carbocycles. The van der Waals surface area contributed by atoms with Gasteiger partial charge in [-0.2, -0.15) is 8.78 Å². The van der Waals surface area contributed by atoms with Gasteiger partial charge in [-0.15, -0.1) is 0 Å². The molecule has 2 aliphatic rings. The molecule has 0 aliphatic heterocycles. The monoisotopic (exact) mass is 618 g/mol. The Balaban J connectivity index is 1.34. The van der Waals surface area contributed by atoms with Crippen molar-refractivity contribution >= 4 is 11.9 Å². The summed E-state index contributed by atoms with van der Waals surface area (Å²) in [6.07, 6.45) is 27.4. The van der Waals surface area contributed by atoms with E-state index in [1.54, 1.807) is 0 Å². The number of benzene rings is 1. The van der Waals surface area contributed by atoms with Gasteiger partial charge in [0.15, 0.2) is 11.5 Å². The van der Waals surface area contributed by atoms with E-state index < -0.39 is 35.1 Å². The molecular weight excluding hydrogens is 558 g/mol. The van der Waals surface area contributed by atoms with Crippen LogP contribution in [-0.2, 0) is 9.59 Å². The quantitative estimate of drug-likeness (QED) is 0.0829. The second-order valence-electron chi connectivity index (χ2n) is 13.8. The molecule has 0 amide bonds. The van der Waals surface area contributed by atoms with E-state index in [0.717, 1.165) is 51.4 Å². The van der Waals surface area contributed by atoms with Crippen LogP contribution in [0.2, 0.25) is 0 Å². The molecule has 1 aromatic rings. The number of carbonyl (C=O) groups excluding carboxylic acids is 2. The number of hydrogen-bond acceptors (Lipinski definition) is 4. The summed E-state index contributed by atoms with van der Waals surface area (Å²) in [6.45, 7) is 4.47. The number of halogens is 2. The van der Waals surface area contributed by atoms with E-state index in [1.807, 2.05) is 0 Å². The maximum atomic E-state index is 14.9. The molecule has 0 radical (unpaired) electrons. The van der Waals surface area contributed by atoms with Gasteiger partial charge in [0.25, 0.3) is 0 Å². The number of carbonyl (C=O) groups is 2. The zero-order valence-electron chi connectivity index (χ0n) is 27.8. The van der Waals surface area contributed by atoms with E-state index in [1.165, 1.54) is 115 Å². The predicted molar refractivity (Wildman–Crippen MR) is 174 cm³/mol. The van der Waals surface area contributed by atoms with E-state index >= 15 is 0 Å². The Labute approximate surface area is 266 Å². The highest BCUT2D eigenvalue weighted by Gasteiger charge is 2.31. The van der Waals surface area contributed by atoms with E-state index in [4.69, 9.17) is 9.47 Å². The van der Waals surface area contributed by atoms with Gasteiger partial charge < -0.3 is 9.47 Å². The molecule has 44 heavy (non-hydrogen) atoms. The maximum absolute atomic E-state index is 14.9. The van der Waals surface area contributed by atoms with Crippen LogP contribution < -0.4 is 9.47 Å². The van der Waals surface area contributed by atoms with Crippen LogP contribution >= 0.6 is 0 Å². The van der Waals surface area contributed by atoms with Crippen LogP contribution in [0.5, 0.6) is 11.5 Å². The van der Waals surface area contributed by atoms with E-state index in [-0.39, 0.29) is 11.8 Å². The summed E-state index contributed by atoms with van der Waals surface area (Å²) >= 11 is 0. The predicted octanol–water partition coefficient (Wildman–Crippen LogP) is 11.7. The summed E-state index contributed by atoms with van der Waals surface area (Å²) in [7, 11) is 0. The number of unbranched alkanes of at least 4 members (excludes halogenated alkanes) is 12. The Morgan fingerprint density at radius 2 is 0.864 bits per heavy atom. The number of hydrogen-bond donors (Lipinski definition) is 0. The highest BCUT2D eigenvalue weighted by atomic mass is 19.2. The van der Waals surface area contributed by atoms with Crippen molar-refractivity contribution < 1.29 is 27.8 Å². The molecule has 3 rings (SSSR count). The van der Waals surface area contributed by atoms with Crippen molar-refractivity contribution in [2.75, 3.05) is 0 Å². The highest BCUT2D eigenvalue weighted by molar-refractivity contribution is 5.76. The molecule has 6 heteroatoms. The largest absolute Gasteiger partial charge is 0.423 e. The van der Waals surface area contributed by atoms with Crippen molar-refractivity contribution in [1.82, 2.24) is 0 Å². The van der Waals surface area contributed by atoms with E-state index in [2.05, 4.69) is 13.8 Å². The minimum absolute atomic E-state index is 0.291. The normalized spacial score (nSPS) is 22.1. The van der Waals surface area contributed by atoms with Crippen LogP contribution in [0.15, 0.2) is 12.1 Å². The molecule has 0 saturated heterocycles. The Hall–Kier alpha value is -1.98. The lowest BCUT2D eigenvalue weighted by Crippen LogP contribution is -2.27. The standard InChI is InChI=1S/C38H60F2O4/c1-3-5-7-9-11-13-15-17-29-19-23-31(24-20-29)37(41)43-33-27-28-34(36(40)35(33)39)44-38(42)32-25-21-30(22-26-32)18-16-14-12-10-8-6-4-2/h27-32H,3-26H2,1-2H3. The number of esters is 2. The van der Waals surface area contributed by atoms with Gasteiger partial charge in [0.1, 0.15) is 0 Å². The van der Waals surface area contributed by atoms with Gasteiger partial charge in [-0.1, -0.05) is 117 Å². The van der Waals surface area contributed by atoms with E-state index in [9.17, 15) is 18.4 Å². The Bertz CT molecular complexity index is 887. The van der Waals surface area contributed by atoms with Crippen LogP contribution in [0.4, 0.5) is 8.78 Å².